The topological polar surface area (TPSA) is 15.3 Å². The minimum absolute atomic E-state index is 0.457. The second kappa shape index (κ2) is 5.92. The van der Waals surface area contributed by atoms with E-state index in [1.54, 1.807) is 0 Å². The Labute approximate surface area is 114 Å². The molecule has 3 unspecified atom stereocenters. The minimum Gasteiger partial charge on any atom is -0.316 e. The van der Waals surface area contributed by atoms with Crippen LogP contribution in [0.5, 0.6) is 0 Å². The van der Waals surface area contributed by atoms with E-state index in [1.165, 1.54) is 51.9 Å². The fourth-order valence-corrected chi connectivity index (χ4v) is 3.77. The summed E-state index contributed by atoms with van der Waals surface area (Å²) in [5.74, 6) is 1.75. The zero-order valence-electron chi connectivity index (χ0n) is 12.8. The van der Waals surface area contributed by atoms with E-state index >= 15 is 0 Å². The number of hydrogen-bond acceptors (Lipinski definition) is 2. The molecule has 0 bridgehead atoms. The van der Waals surface area contributed by atoms with Crippen LogP contribution in [0.2, 0.25) is 0 Å². The van der Waals surface area contributed by atoms with Gasteiger partial charge in [0, 0.05) is 19.1 Å². The quantitative estimate of drug-likeness (QED) is 0.830. The van der Waals surface area contributed by atoms with E-state index in [2.05, 4.69) is 37.9 Å². The molecule has 2 fully saturated rings. The van der Waals surface area contributed by atoms with Crippen LogP contribution in [0.15, 0.2) is 0 Å². The molecular weight excluding hydrogens is 220 g/mol. The summed E-state index contributed by atoms with van der Waals surface area (Å²) in [5, 5.41) is 3.58. The molecule has 0 aromatic heterocycles. The van der Waals surface area contributed by atoms with Gasteiger partial charge in [0.05, 0.1) is 0 Å². The second-order valence-electron chi connectivity index (χ2n) is 7.49. The summed E-state index contributed by atoms with van der Waals surface area (Å²) in [7, 11) is 0. The zero-order chi connectivity index (χ0) is 13.2. The Kier molecular flexibility index (Phi) is 4.71. The molecule has 0 spiro atoms. The molecule has 0 radical (unpaired) electrons. The standard InChI is InChI=1S/C16H32N2/c1-13-7-8-14(2)18(11-13)12-16(3,4)15-6-5-9-17-10-15/h13-15,17H,5-12H2,1-4H3. The van der Waals surface area contributed by atoms with Crippen molar-refractivity contribution in [3.05, 3.63) is 0 Å². The smallest absolute Gasteiger partial charge is 0.00673 e. The molecule has 106 valence electrons. The molecule has 0 amide bonds. The summed E-state index contributed by atoms with van der Waals surface area (Å²) in [4.78, 5) is 2.75. The molecule has 3 atom stereocenters. The number of likely N-dealkylation sites (tertiary alicyclic amines) is 1. The van der Waals surface area contributed by atoms with E-state index in [0.717, 1.165) is 17.9 Å². The van der Waals surface area contributed by atoms with Gasteiger partial charge in [-0.05, 0) is 62.9 Å². The van der Waals surface area contributed by atoms with Crippen molar-refractivity contribution in [3.63, 3.8) is 0 Å². The Hall–Kier alpha value is -0.0800. The van der Waals surface area contributed by atoms with Crippen molar-refractivity contribution in [2.45, 2.75) is 59.4 Å². The summed E-state index contributed by atoms with van der Waals surface area (Å²) in [6.45, 7) is 14.8. The van der Waals surface area contributed by atoms with Crippen molar-refractivity contribution in [2.75, 3.05) is 26.2 Å². The Bertz CT molecular complexity index is 256. The largest absolute Gasteiger partial charge is 0.316 e. The average molecular weight is 252 g/mol. The Balaban J connectivity index is 1.93. The first-order valence-electron chi connectivity index (χ1n) is 7.94. The monoisotopic (exact) mass is 252 g/mol. The highest BCUT2D eigenvalue weighted by Crippen LogP contribution is 2.34. The Morgan fingerprint density at radius 2 is 1.94 bits per heavy atom. The fourth-order valence-electron chi connectivity index (χ4n) is 3.77. The molecule has 2 saturated heterocycles. The SMILES string of the molecule is CC1CCC(C)N(CC(C)(C)C2CCCNC2)C1. The zero-order valence-corrected chi connectivity index (χ0v) is 12.8. The van der Waals surface area contributed by atoms with Crippen molar-refractivity contribution in [1.29, 1.82) is 0 Å². The number of piperidine rings is 2. The van der Waals surface area contributed by atoms with Crippen LogP contribution in [0.4, 0.5) is 0 Å². The molecule has 2 nitrogen and oxygen atoms in total. The maximum atomic E-state index is 3.58. The van der Waals surface area contributed by atoms with Crippen LogP contribution in [0.1, 0.15) is 53.4 Å². The van der Waals surface area contributed by atoms with Gasteiger partial charge in [-0.25, -0.2) is 0 Å². The minimum atomic E-state index is 0.457. The van der Waals surface area contributed by atoms with Gasteiger partial charge in [0.1, 0.15) is 0 Å². The lowest BCUT2D eigenvalue weighted by Crippen LogP contribution is -2.49. The molecule has 0 aromatic carbocycles. The summed E-state index contributed by atoms with van der Waals surface area (Å²) in [6, 6.07) is 0.789. The van der Waals surface area contributed by atoms with Gasteiger partial charge in [0.25, 0.3) is 0 Å². The van der Waals surface area contributed by atoms with Crippen molar-refractivity contribution in [2.24, 2.45) is 17.3 Å². The summed E-state index contributed by atoms with van der Waals surface area (Å²) < 4.78 is 0. The number of nitrogens with one attached hydrogen (secondary N) is 1. The van der Waals surface area contributed by atoms with E-state index in [9.17, 15) is 0 Å². The van der Waals surface area contributed by atoms with Gasteiger partial charge in [-0.1, -0.05) is 20.8 Å². The summed E-state index contributed by atoms with van der Waals surface area (Å²) in [6.07, 6.45) is 5.58. The van der Waals surface area contributed by atoms with Crippen LogP contribution in [-0.4, -0.2) is 37.1 Å². The third-order valence-corrected chi connectivity index (χ3v) is 5.26. The van der Waals surface area contributed by atoms with Gasteiger partial charge in [-0.2, -0.15) is 0 Å². The Morgan fingerprint density at radius 1 is 1.17 bits per heavy atom. The third-order valence-electron chi connectivity index (χ3n) is 5.26. The van der Waals surface area contributed by atoms with Crippen LogP contribution in [0.3, 0.4) is 0 Å². The first-order chi connectivity index (χ1) is 8.49. The number of rotatable bonds is 3. The van der Waals surface area contributed by atoms with E-state index in [-0.39, 0.29) is 0 Å². The van der Waals surface area contributed by atoms with Crippen molar-refractivity contribution in [3.8, 4) is 0 Å². The van der Waals surface area contributed by atoms with Crippen LogP contribution in [-0.2, 0) is 0 Å². The Morgan fingerprint density at radius 3 is 2.61 bits per heavy atom. The highest BCUT2D eigenvalue weighted by molar-refractivity contribution is 4.88. The van der Waals surface area contributed by atoms with Crippen molar-refractivity contribution in [1.82, 2.24) is 10.2 Å². The molecule has 0 aromatic rings. The third kappa shape index (κ3) is 3.48. The fraction of sp³-hybridized carbons (Fsp3) is 1.00. The highest BCUT2D eigenvalue weighted by atomic mass is 15.2. The summed E-state index contributed by atoms with van der Waals surface area (Å²) in [5.41, 5.74) is 0.457. The van der Waals surface area contributed by atoms with Gasteiger partial charge in [0.2, 0.25) is 0 Å². The first kappa shape index (κ1) is 14.3. The maximum Gasteiger partial charge on any atom is 0.00673 e. The predicted octanol–water partition coefficient (Wildman–Crippen LogP) is 3.13. The lowest BCUT2D eigenvalue weighted by molar-refractivity contribution is 0.0453. The van der Waals surface area contributed by atoms with Crippen LogP contribution < -0.4 is 5.32 Å². The van der Waals surface area contributed by atoms with E-state index in [4.69, 9.17) is 0 Å². The summed E-state index contributed by atoms with van der Waals surface area (Å²) >= 11 is 0. The van der Waals surface area contributed by atoms with Gasteiger partial charge >= 0.3 is 0 Å². The van der Waals surface area contributed by atoms with Crippen molar-refractivity contribution < 1.29 is 0 Å². The molecule has 2 aliphatic rings. The molecule has 1 N–H and O–H groups in total. The average Bonchev–Trinajstić information content (AvgIpc) is 2.35. The maximum absolute atomic E-state index is 3.58. The van der Waals surface area contributed by atoms with Gasteiger partial charge in [0.15, 0.2) is 0 Å². The molecule has 2 heteroatoms. The lowest BCUT2D eigenvalue weighted by Gasteiger charge is -2.45. The van der Waals surface area contributed by atoms with Crippen LogP contribution >= 0.6 is 0 Å². The van der Waals surface area contributed by atoms with Gasteiger partial charge in [-0.3, -0.25) is 4.90 Å². The molecule has 2 rings (SSSR count). The van der Waals surface area contributed by atoms with E-state index < -0.39 is 0 Å². The van der Waals surface area contributed by atoms with Crippen molar-refractivity contribution >= 4 is 0 Å². The first-order valence-corrected chi connectivity index (χ1v) is 7.94. The second-order valence-corrected chi connectivity index (χ2v) is 7.49. The highest BCUT2D eigenvalue weighted by Gasteiger charge is 2.34. The molecule has 2 heterocycles. The van der Waals surface area contributed by atoms with Gasteiger partial charge in [-0.15, -0.1) is 0 Å². The molecule has 18 heavy (non-hydrogen) atoms. The predicted molar refractivity (Wildman–Crippen MR) is 78.8 cm³/mol. The van der Waals surface area contributed by atoms with Crippen LogP contribution in [0.25, 0.3) is 0 Å². The van der Waals surface area contributed by atoms with E-state index in [0.29, 0.717) is 5.41 Å². The number of nitrogens with zero attached hydrogens (tertiary/aromatic N) is 1. The van der Waals surface area contributed by atoms with Crippen LogP contribution in [0, 0.1) is 17.3 Å². The molecule has 0 saturated carbocycles. The molecule has 2 aliphatic heterocycles. The molecule has 0 aliphatic carbocycles. The van der Waals surface area contributed by atoms with Gasteiger partial charge < -0.3 is 5.32 Å². The molecular formula is C16H32N2. The van der Waals surface area contributed by atoms with E-state index in [1.807, 2.05) is 0 Å². The normalized spacial score (nSPS) is 35.7. The lowest BCUT2D eigenvalue weighted by atomic mass is 9.74. The number of hydrogen-bond donors (Lipinski definition) is 1.